The molecule has 0 amide bonds. The summed E-state index contributed by atoms with van der Waals surface area (Å²) in [6.45, 7) is 2.31. The maximum atomic E-state index is 13.9. The van der Waals surface area contributed by atoms with E-state index in [1.807, 2.05) is 0 Å². The van der Waals surface area contributed by atoms with Crippen molar-refractivity contribution in [2.75, 3.05) is 26.2 Å². The highest BCUT2D eigenvalue weighted by Crippen LogP contribution is 2.26. The van der Waals surface area contributed by atoms with Crippen molar-refractivity contribution in [2.24, 2.45) is 0 Å². The van der Waals surface area contributed by atoms with Gasteiger partial charge in [-0.25, -0.2) is 25.6 Å². The number of nitrogens with zero attached hydrogens (tertiary/aromatic N) is 3. The number of halogens is 2. The molecule has 0 N–H and O–H groups in total. The van der Waals surface area contributed by atoms with Crippen LogP contribution < -0.4 is 0 Å². The number of rotatable bonds is 4. The van der Waals surface area contributed by atoms with Crippen molar-refractivity contribution in [1.29, 1.82) is 0 Å². The Kier molecular flexibility index (Phi) is 5.10. The van der Waals surface area contributed by atoms with Gasteiger partial charge in [0.1, 0.15) is 27.1 Å². The normalized spacial score (nSPS) is 17.3. The molecule has 2 aromatic rings. The fourth-order valence-electron chi connectivity index (χ4n) is 2.94. The molecule has 0 bridgehead atoms. The van der Waals surface area contributed by atoms with Crippen molar-refractivity contribution in [2.45, 2.75) is 23.6 Å². The van der Waals surface area contributed by atoms with E-state index in [1.54, 1.807) is 0 Å². The highest BCUT2D eigenvalue weighted by atomic mass is 32.2. The van der Waals surface area contributed by atoms with Crippen LogP contribution in [-0.2, 0) is 20.0 Å². The Hall–Kier alpha value is -1.89. The monoisotopic (exact) mass is 421 g/mol. The number of aryl methyl sites for hydroxylation is 2. The molecule has 148 valence electrons. The molecule has 0 saturated carbocycles. The highest BCUT2D eigenvalue weighted by Gasteiger charge is 2.37. The third-order valence-corrected chi connectivity index (χ3v) is 8.33. The maximum Gasteiger partial charge on any atom is 0.248 e. The lowest BCUT2D eigenvalue weighted by molar-refractivity contribution is 0.271. The van der Waals surface area contributed by atoms with Crippen molar-refractivity contribution in [3.05, 3.63) is 41.3 Å². The van der Waals surface area contributed by atoms with Crippen LogP contribution in [0.25, 0.3) is 0 Å². The minimum Gasteiger partial charge on any atom is -0.360 e. The van der Waals surface area contributed by atoms with Crippen molar-refractivity contribution in [1.82, 2.24) is 13.8 Å². The van der Waals surface area contributed by atoms with Gasteiger partial charge >= 0.3 is 0 Å². The van der Waals surface area contributed by atoms with Crippen LogP contribution in [0.3, 0.4) is 0 Å². The first-order valence-corrected chi connectivity index (χ1v) is 10.8. The topological polar surface area (TPSA) is 101 Å². The number of hydrogen-bond donors (Lipinski definition) is 0. The van der Waals surface area contributed by atoms with Gasteiger partial charge in [0.25, 0.3) is 0 Å². The molecule has 1 saturated heterocycles. The summed E-state index contributed by atoms with van der Waals surface area (Å²) >= 11 is 0. The van der Waals surface area contributed by atoms with E-state index in [0.717, 1.165) is 20.7 Å². The van der Waals surface area contributed by atoms with Gasteiger partial charge in [0.05, 0.1) is 0 Å². The van der Waals surface area contributed by atoms with Gasteiger partial charge in [0.15, 0.2) is 5.76 Å². The van der Waals surface area contributed by atoms with E-state index in [0.29, 0.717) is 6.07 Å². The van der Waals surface area contributed by atoms with E-state index in [4.69, 9.17) is 4.52 Å². The van der Waals surface area contributed by atoms with Crippen LogP contribution in [0.2, 0.25) is 0 Å². The van der Waals surface area contributed by atoms with Gasteiger partial charge < -0.3 is 4.52 Å². The van der Waals surface area contributed by atoms with Gasteiger partial charge in [-0.15, -0.1) is 0 Å². The van der Waals surface area contributed by atoms with E-state index >= 15 is 0 Å². The summed E-state index contributed by atoms with van der Waals surface area (Å²) in [5.74, 6) is -1.80. The zero-order valence-electron chi connectivity index (χ0n) is 14.5. The number of benzene rings is 1. The van der Waals surface area contributed by atoms with Crippen LogP contribution in [0.4, 0.5) is 8.78 Å². The van der Waals surface area contributed by atoms with Gasteiger partial charge in [-0.05, 0) is 32.0 Å². The summed E-state index contributed by atoms with van der Waals surface area (Å²) in [4.78, 5) is -0.820. The van der Waals surface area contributed by atoms with Gasteiger partial charge in [-0.3, -0.25) is 0 Å². The summed E-state index contributed by atoms with van der Waals surface area (Å²) in [5.41, 5.74) is 0.212. The molecule has 0 radical (unpaired) electrons. The van der Waals surface area contributed by atoms with E-state index < -0.39 is 36.6 Å². The standard InChI is InChI=1S/C15H17F2N3O5S2/c1-10-15(11(2)25-18-10)27(23,24)20-7-5-19(6-8-20)26(21,22)14-9-12(16)3-4-13(14)17/h3-4,9H,5-8H2,1-2H3. The number of hydrogen-bond acceptors (Lipinski definition) is 6. The predicted octanol–water partition coefficient (Wildman–Crippen LogP) is 1.26. The average molecular weight is 421 g/mol. The lowest BCUT2D eigenvalue weighted by Crippen LogP contribution is -2.50. The summed E-state index contributed by atoms with van der Waals surface area (Å²) < 4.78 is 84.8. The Morgan fingerprint density at radius 3 is 2.04 bits per heavy atom. The molecule has 12 heteroatoms. The van der Waals surface area contributed by atoms with E-state index in [-0.39, 0.29) is 42.5 Å². The molecule has 0 unspecified atom stereocenters. The van der Waals surface area contributed by atoms with Crippen molar-refractivity contribution >= 4 is 20.0 Å². The molecule has 1 fully saturated rings. The molecule has 27 heavy (non-hydrogen) atoms. The molecular formula is C15H17F2N3O5S2. The molecule has 1 aliphatic rings. The zero-order chi connectivity index (χ0) is 20.0. The second-order valence-electron chi connectivity index (χ2n) is 6.04. The lowest BCUT2D eigenvalue weighted by atomic mass is 10.3. The van der Waals surface area contributed by atoms with Gasteiger partial charge in [-0.1, -0.05) is 5.16 Å². The smallest absolute Gasteiger partial charge is 0.248 e. The number of sulfonamides is 2. The Labute approximate surface area is 155 Å². The molecule has 2 heterocycles. The minimum atomic E-state index is -4.29. The molecule has 0 spiro atoms. The largest absolute Gasteiger partial charge is 0.360 e. The molecule has 1 aliphatic heterocycles. The Bertz CT molecular complexity index is 1060. The van der Waals surface area contributed by atoms with Crippen LogP contribution in [0.15, 0.2) is 32.5 Å². The quantitative estimate of drug-likeness (QED) is 0.737. The third-order valence-electron chi connectivity index (χ3n) is 4.27. The second-order valence-corrected chi connectivity index (χ2v) is 9.82. The third kappa shape index (κ3) is 3.49. The Balaban J connectivity index is 1.82. The fraction of sp³-hybridized carbons (Fsp3) is 0.400. The fourth-order valence-corrected chi connectivity index (χ4v) is 6.15. The predicted molar refractivity (Wildman–Crippen MR) is 89.9 cm³/mol. The van der Waals surface area contributed by atoms with Crippen LogP contribution in [0, 0.1) is 25.5 Å². The number of piperazine rings is 1. The van der Waals surface area contributed by atoms with Crippen LogP contribution >= 0.6 is 0 Å². The zero-order valence-corrected chi connectivity index (χ0v) is 16.1. The summed E-state index contributed by atoms with van der Waals surface area (Å²) in [7, 11) is -8.20. The molecule has 1 aromatic heterocycles. The van der Waals surface area contributed by atoms with Crippen molar-refractivity contribution in [3.8, 4) is 0 Å². The molecule has 1 aromatic carbocycles. The van der Waals surface area contributed by atoms with Gasteiger partial charge in [-0.2, -0.15) is 8.61 Å². The van der Waals surface area contributed by atoms with Gasteiger partial charge in [0, 0.05) is 26.2 Å². The SMILES string of the molecule is Cc1noc(C)c1S(=O)(=O)N1CCN(S(=O)(=O)c2cc(F)ccc2F)CC1. The Morgan fingerprint density at radius 1 is 0.963 bits per heavy atom. The maximum absolute atomic E-state index is 13.9. The van der Waals surface area contributed by atoms with Crippen molar-refractivity contribution < 1.29 is 30.1 Å². The molecular weight excluding hydrogens is 404 g/mol. The Morgan fingerprint density at radius 2 is 1.52 bits per heavy atom. The number of aromatic nitrogens is 1. The first-order chi connectivity index (χ1) is 12.5. The van der Waals surface area contributed by atoms with Crippen LogP contribution in [0.1, 0.15) is 11.5 Å². The molecule has 0 atom stereocenters. The summed E-state index contributed by atoms with van der Waals surface area (Å²) in [5, 5.41) is 3.62. The highest BCUT2D eigenvalue weighted by molar-refractivity contribution is 7.89. The summed E-state index contributed by atoms with van der Waals surface area (Å²) in [6.07, 6.45) is 0. The molecule has 8 nitrogen and oxygen atoms in total. The molecule has 0 aliphatic carbocycles. The van der Waals surface area contributed by atoms with Crippen LogP contribution in [0.5, 0.6) is 0 Å². The second kappa shape index (κ2) is 6.93. The summed E-state index contributed by atoms with van der Waals surface area (Å²) in [6, 6.07) is 2.17. The van der Waals surface area contributed by atoms with E-state index in [1.165, 1.54) is 13.8 Å². The van der Waals surface area contributed by atoms with Crippen LogP contribution in [-0.4, -0.2) is 56.8 Å². The minimum absolute atomic E-state index is 0.0463. The van der Waals surface area contributed by atoms with E-state index in [9.17, 15) is 25.6 Å². The van der Waals surface area contributed by atoms with E-state index in [2.05, 4.69) is 5.16 Å². The lowest BCUT2D eigenvalue weighted by Gasteiger charge is -2.33. The van der Waals surface area contributed by atoms with Gasteiger partial charge in [0.2, 0.25) is 20.0 Å². The molecule has 3 rings (SSSR count). The first kappa shape index (κ1) is 19.9. The van der Waals surface area contributed by atoms with Crippen molar-refractivity contribution in [3.63, 3.8) is 0 Å². The first-order valence-electron chi connectivity index (χ1n) is 7.93. The average Bonchev–Trinajstić information content (AvgIpc) is 2.96.